The number of azo groups is 1. The number of amides is 2. The summed E-state index contributed by atoms with van der Waals surface area (Å²) in [5.74, 6) is -3.10. The molecular weight excluding hydrogens is 384 g/mol. The first-order chi connectivity index (χ1) is 10.9. The summed E-state index contributed by atoms with van der Waals surface area (Å²) in [6.45, 7) is 5.84. The van der Waals surface area contributed by atoms with E-state index in [2.05, 4.69) is 20.9 Å². The fourth-order valence-electron chi connectivity index (χ4n) is 1.34. The molecule has 0 saturated heterocycles. The highest BCUT2D eigenvalue weighted by Gasteiger charge is 2.32. The largest absolute Gasteiger partial charge is 0.481 e. The van der Waals surface area contributed by atoms with Crippen LogP contribution in [-0.4, -0.2) is 80.0 Å². The maximum Gasteiger partial charge on any atom is 0.305 e. The third kappa shape index (κ3) is 14.5. The minimum Gasteiger partial charge on any atom is -0.481 e. The monoisotopic (exact) mass is 416 g/mol. The zero-order valence-electron chi connectivity index (χ0n) is 16.3. The lowest BCUT2D eigenvalue weighted by Crippen LogP contribution is -2.44. The fraction of sp³-hybridized carbons (Fsp3) is 0.714. The molecule has 0 atom stereocenters. The lowest BCUT2D eigenvalue weighted by atomic mass is 10.0. The molecule has 2 amide bonds. The molecule has 14 nitrogen and oxygen atoms in total. The number of hydrogen-bond donors (Lipinski definition) is 4. The van der Waals surface area contributed by atoms with Crippen molar-refractivity contribution in [2.45, 2.75) is 51.6 Å². The van der Waals surface area contributed by atoms with Gasteiger partial charge in [-0.1, -0.05) is 0 Å². The van der Waals surface area contributed by atoms with Crippen molar-refractivity contribution in [3.8, 4) is 0 Å². The van der Waals surface area contributed by atoms with Gasteiger partial charge in [-0.05, 0) is 27.7 Å². The Kier molecular flexibility index (Phi) is 19.9. The molecule has 14 heteroatoms. The molecule has 0 fully saturated rings. The number of aliphatic carboxylic acids is 2. The van der Waals surface area contributed by atoms with Gasteiger partial charge in [0.2, 0.25) is 11.8 Å². The van der Waals surface area contributed by atoms with Gasteiger partial charge >= 0.3 is 11.9 Å². The van der Waals surface area contributed by atoms with Crippen molar-refractivity contribution < 1.29 is 51.3 Å². The summed E-state index contributed by atoms with van der Waals surface area (Å²) in [5.41, 5.74) is -2.56. The van der Waals surface area contributed by atoms with Crippen molar-refractivity contribution >= 4 is 23.8 Å². The molecule has 0 bridgehead atoms. The molecule has 0 aromatic rings. The second-order valence-corrected chi connectivity index (χ2v) is 6.12. The highest BCUT2D eigenvalue weighted by atomic mass is 16.4. The van der Waals surface area contributed by atoms with Crippen LogP contribution >= 0.6 is 0 Å². The Morgan fingerprint density at radius 3 is 1.14 bits per heavy atom. The first kappa shape index (κ1) is 36.3. The van der Waals surface area contributed by atoms with Gasteiger partial charge in [-0.25, -0.2) is 0 Å². The normalized spacial score (nSPS) is 10.3. The number of carboxylic acids is 2. The minimum absolute atomic E-state index is 0. The van der Waals surface area contributed by atoms with Crippen molar-refractivity contribution in [2.24, 2.45) is 10.2 Å². The molecular formula is C14H32N4O10. The number of nitrogens with zero attached hydrogens (tertiary/aromatic N) is 2. The topological polar surface area (TPSA) is 284 Å². The average molecular weight is 416 g/mol. The van der Waals surface area contributed by atoms with Gasteiger partial charge in [0.05, 0.1) is 12.8 Å². The standard InChI is InChI=1S/C14H24N4O6.4H2O/c1-13(2,11(23)15-7-5-9(19)20)17-18-14(3,4)12(24)16-8-6-10(21)22;;;;/h5-8H2,1-4H3,(H,15,23)(H,16,24)(H,19,20)(H,21,22);4*1H2. The van der Waals surface area contributed by atoms with E-state index in [-0.39, 0.29) is 47.8 Å². The molecule has 0 rings (SSSR count). The van der Waals surface area contributed by atoms with Crippen LogP contribution in [0.4, 0.5) is 0 Å². The van der Waals surface area contributed by atoms with Crippen LogP contribution in [0.25, 0.3) is 0 Å². The highest BCUT2D eigenvalue weighted by Crippen LogP contribution is 2.16. The van der Waals surface area contributed by atoms with Gasteiger partial charge in [0, 0.05) is 13.1 Å². The Morgan fingerprint density at radius 2 is 0.929 bits per heavy atom. The zero-order chi connectivity index (χ0) is 19.0. The number of hydrogen-bond acceptors (Lipinski definition) is 6. The first-order valence-electron chi connectivity index (χ1n) is 7.33. The number of nitrogens with one attached hydrogen (secondary N) is 2. The van der Waals surface area contributed by atoms with Gasteiger partial charge in [-0.3, -0.25) is 19.2 Å². The maximum absolute atomic E-state index is 12.0. The molecule has 28 heavy (non-hydrogen) atoms. The van der Waals surface area contributed by atoms with E-state index in [0.717, 1.165) is 0 Å². The van der Waals surface area contributed by atoms with Gasteiger partial charge in [0.15, 0.2) is 11.1 Å². The van der Waals surface area contributed by atoms with Crippen LogP contribution in [0.5, 0.6) is 0 Å². The fourth-order valence-corrected chi connectivity index (χ4v) is 1.34. The Balaban J connectivity index is -0.000000441. The summed E-state index contributed by atoms with van der Waals surface area (Å²) < 4.78 is 0. The second kappa shape index (κ2) is 15.4. The molecule has 0 saturated carbocycles. The second-order valence-electron chi connectivity index (χ2n) is 6.12. The molecule has 0 aliphatic rings. The van der Waals surface area contributed by atoms with Crippen molar-refractivity contribution in [1.82, 2.24) is 10.6 Å². The van der Waals surface area contributed by atoms with Crippen LogP contribution < -0.4 is 10.6 Å². The van der Waals surface area contributed by atoms with E-state index in [4.69, 9.17) is 10.2 Å². The van der Waals surface area contributed by atoms with E-state index < -0.39 is 34.8 Å². The summed E-state index contributed by atoms with van der Waals surface area (Å²) in [4.78, 5) is 44.7. The molecule has 0 spiro atoms. The third-order valence-corrected chi connectivity index (χ3v) is 2.91. The Hall–Kier alpha value is -2.68. The number of carboxylic acid groups (broad SMARTS) is 2. The Morgan fingerprint density at radius 1 is 0.679 bits per heavy atom. The van der Waals surface area contributed by atoms with Crippen LogP contribution in [-0.2, 0) is 19.2 Å². The van der Waals surface area contributed by atoms with Crippen LogP contribution in [0, 0.1) is 0 Å². The molecule has 0 aliphatic heterocycles. The summed E-state index contributed by atoms with van der Waals surface area (Å²) in [6.07, 6.45) is -0.424. The molecule has 0 aromatic heterocycles. The van der Waals surface area contributed by atoms with Crippen molar-refractivity contribution in [3.05, 3.63) is 0 Å². The summed E-state index contributed by atoms with van der Waals surface area (Å²) in [7, 11) is 0. The molecule has 0 heterocycles. The van der Waals surface area contributed by atoms with E-state index in [0.29, 0.717) is 0 Å². The molecule has 0 aliphatic carbocycles. The third-order valence-electron chi connectivity index (χ3n) is 2.91. The van der Waals surface area contributed by atoms with Crippen LogP contribution in [0.15, 0.2) is 10.2 Å². The molecule has 168 valence electrons. The predicted molar refractivity (Wildman–Crippen MR) is 98.0 cm³/mol. The van der Waals surface area contributed by atoms with Crippen LogP contribution in [0.3, 0.4) is 0 Å². The molecule has 12 N–H and O–H groups in total. The zero-order valence-corrected chi connectivity index (χ0v) is 16.3. The van der Waals surface area contributed by atoms with Gasteiger partial charge in [-0.15, -0.1) is 0 Å². The van der Waals surface area contributed by atoms with Gasteiger partial charge in [-0.2, -0.15) is 10.2 Å². The summed E-state index contributed by atoms with van der Waals surface area (Å²) in [5, 5.41) is 29.7. The van der Waals surface area contributed by atoms with Crippen LogP contribution in [0.1, 0.15) is 40.5 Å². The van der Waals surface area contributed by atoms with Gasteiger partial charge in [0.25, 0.3) is 0 Å². The van der Waals surface area contributed by atoms with E-state index in [1.807, 2.05) is 0 Å². The molecule has 0 aromatic carbocycles. The van der Waals surface area contributed by atoms with E-state index in [9.17, 15) is 19.2 Å². The lowest BCUT2D eigenvalue weighted by molar-refractivity contribution is -0.138. The Bertz CT molecular complexity index is 488. The summed E-state index contributed by atoms with van der Waals surface area (Å²) in [6, 6.07) is 0. The van der Waals surface area contributed by atoms with E-state index in [1.54, 1.807) is 0 Å². The first-order valence-corrected chi connectivity index (χ1v) is 7.33. The number of carbonyl (C=O) groups is 4. The quantitative estimate of drug-likeness (QED) is 0.267. The van der Waals surface area contributed by atoms with E-state index >= 15 is 0 Å². The SMILES string of the molecule is CC(C)(N=NC(C)(C)C(=O)NCCC(=O)O)C(=O)NCCC(=O)O.O.O.O.O. The van der Waals surface area contributed by atoms with Gasteiger partial charge < -0.3 is 42.8 Å². The predicted octanol–water partition coefficient (Wildman–Crippen LogP) is -3.12. The van der Waals surface area contributed by atoms with Crippen molar-refractivity contribution in [2.75, 3.05) is 13.1 Å². The van der Waals surface area contributed by atoms with Gasteiger partial charge in [0.1, 0.15) is 0 Å². The Labute approximate surface area is 161 Å². The molecule has 0 unspecified atom stereocenters. The summed E-state index contributed by atoms with van der Waals surface area (Å²) >= 11 is 0. The lowest BCUT2D eigenvalue weighted by Gasteiger charge is -2.22. The smallest absolute Gasteiger partial charge is 0.305 e. The average Bonchev–Trinajstić information content (AvgIpc) is 2.44. The number of rotatable bonds is 10. The van der Waals surface area contributed by atoms with Crippen LogP contribution in [0.2, 0.25) is 0 Å². The number of carbonyl (C=O) groups excluding carboxylic acids is 2. The highest BCUT2D eigenvalue weighted by molar-refractivity contribution is 5.87. The van der Waals surface area contributed by atoms with E-state index in [1.165, 1.54) is 27.7 Å². The maximum atomic E-state index is 12.0. The van der Waals surface area contributed by atoms with Crippen molar-refractivity contribution in [3.63, 3.8) is 0 Å². The molecule has 0 radical (unpaired) electrons. The van der Waals surface area contributed by atoms with Crippen molar-refractivity contribution in [1.29, 1.82) is 0 Å². The minimum atomic E-state index is -1.28.